The number of aromatic amines is 2. The van der Waals surface area contributed by atoms with E-state index in [1.807, 2.05) is 48.6 Å². The van der Waals surface area contributed by atoms with Crippen molar-refractivity contribution in [2.45, 2.75) is 27.7 Å². The molecule has 0 fully saturated rings. The summed E-state index contributed by atoms with van der Waals surface area (Å²) < 4.78 is 5.67. The molecule has 3 aromatic heterocycles. The van der Waals surface area contributed by atoms with E-state index < -0.39 is 12.8 Å². The molecule has 5 heteroatoms. The van der Waals surface area contributed by atoms with E-state index in [0.29, 0.717) is 0 Å². The first-order chi connectivity index (χ1) is 25.8. The predicted octanol–water partition coefficient (Wildman–Crippen LogP) is 9.33. The second kappa shape index (κ2) is 14.6. The van der Waals surface area contributed by atoms with Crippen LogP contribution in [-0.2, 0) is 12.8 Å². The summed E-state index contributed by atoms with van der Waals surface area (Å²) in [4.78, 5) is 16.0. The molecule has 2 aliphatic rings. The molecule has 0 amide bonds. The number of aromatic nitrogens is 4. The van der Waals surface area contributed by atoms with Crippen LogP contribution in [0.3, 0.4) is 0 Å². The quantitative estimate of drug-likeness (QED) is 0.178. The van der Waals surface area contributed by atoms with Gasteiger partial charge in [0.05, 0.1) is 22.8 Å². The Morgan fingerprint density at radius 2 is 0.547 bits per heavy atom. The van der Waals surface area contributed by atoms with Crippen molar-refractivity contribution in [1.82, 2.24) is 19.9 Å². The van der Waals surface area contributed by atoms with Gasteiger partial charge in [-0.25, -0.2) is 9.97 Å². The molecule has 0 saturated carbocycles. The summed E-state index contributed by atoms with van der Waals surface area (Å²) in [6, 6.07) is 53.1. The van der Waals surface area contributed by atoms with E-state index in [1.165, 1.54) is 40.1 Å². The Labute approximate surface area is 313 Å². The Morgan fingerprint density at radius 1 is 0.321 bits per heavy atom. The summed E-state index contributed by atoms with van der Waals surface area (Å²) in [5, 5.41) is 0. The first-order valence-electron chi connectivity index (χ1n) is 17.8. The van der Waals surface area contributed by atoms with Crippen molar-refractivity contribution in [3.05, 3.63) is 191 Å². The third kappa shape index (κ3) is 7.36. The normalized spacial score (nSPS) is 12.3. The minimum atomic E-state index is -2.19. The van der Waals surface area contributed by atoms with E-state index in [4.69, 9.17) is 0 Å². The van der Waals surface area contributed by atoms with Crippen molar-refractivity contribution in [3.63, 3.8) is 0 Å². The van der Waals surface area contributed by atoms with Gasteiger partial charge in [-0.2, -0.15) is 0 Å². The van der Waals surface area contributed by atoms with Crippen LogP contribution < -0.4 is 17.8 Å². The summed E-state index contributed by atoms with van der Waals surface area (Å²) in [6.45, 7) is 8.65. The fourth-order valence-corrected chi connectivity index (χ4v) is 11.6. The molecule has 0 spiro atoms. The van der Waals surface area contributed by atoms with Gasteiger partial charge in [-0.3, -0.25) is 0 Å². The van der Waals surface area contributed by atoms with Crippen LogP contribution in [0, 0.1) is 27.7 Å². The molecule has 53 heavy (non-hydrogen) atoms. The standard InChI is InChI=1S/C20H14N4.4C7H7.Fe/c1-2-14-10-16-5-6-18(23-16)12-20-8-7-19(24-20)11-17-4-3-15(22-17)9-13(1)21-14;4*1-7-5-3-2-4-6-7;/h1-12,21,24H;4*3-6H,1H3;. The van der Waals surface area contributed by atoms with Gasteiger partial charge in [0.25, 0.3) is 0 Å². The van der Waals surface area contributed by atoms with Gasteiger partial charge >= 0.3 is 178 Å². The van der Waals surface area contributed by atoms with Gasteiger partial charge in [0.2, 0.25) is 0 Å². The molecule has 5 heterocycles. The van der Waals surface area contributed by atoms with Crippen LogP contribution in [0.5, 0.6) is 0 Å². The van der Waals surface area contributed by atoms with Crippen LogP contribution in [-0.4, -0.2) is 19.9 Å². The number of hydrogen-bond donors (Lipinski definition) is 2. The zero-order valence-electron chi connectivity index (χ0n) is 30.4. The summed E-state index contributed by atoms with van der Waals surface area (Å²) in [6.07, 6.45) is 8.09. The third-order valence-corrected chi connectivity index (χ3v) is 14.6. The zero-order valence-corrected chi connectivity index (χ0v) is 31.5. The van der Waals surface area contributed by atoms with Gasteiger partial charge in [0.1, 0.15) is 0 Å². The van der Waals surface area contributed by atoms with E-state index in [0.717, 1.165) is 44.8 Å². The number of benzene rings is 4. The molecule has 4 nitrogen and oxygen atoms in total. The van der Waals surface area contributed by atoms with Crippen LogP contribution >= 0.6 is 0 Å². The minimum absolute atomic E-state index is 0.939. The van der Waals surface area contributed by atoms with Crippen molar-refractivity contribution < 1.29 is 12.8 Å². The van der Waals surface area contributed by atoms with Gasteiger partial charge in [-0.05, 0) is 72.8 Å². The monoisotopic (exact) mass is 730 g/mol. The molecule has 0 atom stereocenters. The summed E-state index contributed by atoms with van der Waals surface area (Å²) >= 11 is -2.19. The number of rotatable bonds is 4. The number of H-pyrrole nitrogens is 2. The average Bonchev–Trinajstić information content (AvgIpc) is 3.99. The van der Waals surface area contributed by atoms with Crippen molar-refractivity contribution in [3.8, 4) is 0 Å². The fourth-order valence-electron chi connectivity index (χ4n) is 6.47. The van der Waals surface area contributed by atoms with E-state index in [-0.39, 0.29) is 0 Å². The van der Waals surface area contributed by atoms with E-state index >= 15 is 0 Å². The molecule has 262 valence electrons. The number of fused-ring (bicyclic) bond motifs is 8. The van der Waals surface area contributed by atoms with Gasteiger partial charge in [0.15, 0.2) is 0 Å². The maximum atomic E-state index is 4.63. The van der Waals surface area contributed by atoms with Crippen molar-refractivity contribution in [1.29, 1.82) is 0 Å². The third-order valence-electron chi connectivity index (χ3n) is 9.28. The first kappa shape index (κ1) is 34.1. The first-order valence-corrected chi connectivity index (χ1v) is 20.0. The van der Waals surface area contributed by atoms with Gasteiger partial charge in [0, 0.05) is 22.1 Å². The second-order valence-corrected chi connectivity index (χ2v) is 17.8. The molecule has 0 aliphatic carbocycles. The zero-order chi connectivity index (χ0) is 36.4. The van der Waals surface area contributed by atoms with Crippen molar-refractivity contribution in [2.24, 2.45) is 0 Å². The molecule has 2 N–H and O–H groups in total. The molecular weight excluding hydrogens is 688 g/mol. The Hall–Kier alpha value is -6.00. The summed E-state index contributed by atoms with van der Waals surface area (Å²) in [7, 11) is 0. The Bertz CT molecular complexity index is 2260. The summed E-state index contributed by atoms with van der Waals surface area (Å²) in [5.74, 6) is 0. The Kier molecular flexibility index (Phi) is 9.37. The van der Waals surface area contributed by atoms with Crippen molar-refractivity contribution >= 4 is 64.2 Å². The SMILES string of the molecule is C1=Cc2cc3ccc(cc4nc(cc5ccc(cc1n2)[nH]5)C=C4)[nH]3.Cc1cc[c]([Fe]([c]2ccc(C)cc2)([c]2ccc(C)cc2)[c]2ccc(C)cc2)cc1. The van der Waals surface area contributed by atoms with E-state index in [1.54, 1.807) is 0 Å². The van der Waals surface area contributed by atoms with Crippen LogP contribution in [0.15, 0.2) is 146 Å². The van der Waals surface area contributed by atoms with Crippen LogP contribution in [0.25, 0.3) is 46.4 Å². The Balaban J connectivity index is 0.000000153. The molecule has 7 aromatic rings. The average molecular weight is 731 g/mol. The number of hydrogen-bond acceptors (Lipinski definition) is 2. The predicted molar refractivity (Wildman–Crippen MR) is 222 cm³/mol. The Morgan fingerprint density at radius 3 is 0.774 bits per heavy atom. The number of nitrogens with zero attached hydrogens (tertiary/aromatic N) is 2. The van der Waals surface area contributed by atoms with Gasteiger partial charge < -0.3 is 9.97 Å². The summed E-state index contributed by atoms with van der Waals surface area (Å²) in [5.41, 5.74) is 13.0. The van der Waals surface area contributed by atoms with Gasteiger partial charge in [-0.1, -0.05) is 0 Å². The van der Waals surface area contributed by atoms with Crippen LogP contribution in [0.2, 0.25) is 0 Å². The number of nitrogens with one attached hydrogen (secondary N) is 2. The fraction of sp³-hybridized carbons (Fsp3) is 0.0833. The molecule has 0 radical (unpaired) electrons. The molecule has 0 saturated heterocycles. The van der Waals surface area contributed by atoms with E-state index in [9.17, 15) is 0 Å². The second-order valence-electron chi connectivity index (χ2n) is 13.6. The van der Waals surface area contributed by atoms with Crippen molar-refractivity contribution in [2.75, 3.05) is 0 Å². The van der Waals surface area contributed by atoms with E-state index in [2.05, 4.69) is 169 Å². The van der Waals surface area contributed by atoms with Crippen LogP contribution in [0.4, 0.5) is 0 Å². The number of aryl methyl sites for hydroxylation is 4. The van der Waals surface area contributed by atoms with Crippen LogP contribution in [0.1, 0.15) is 45.0 Å². The molecule has 0 unspecified atom stereocenters. The topological polar surface area (TPSA) is 57.4 Å². The molecular formula is C48H42FeN4. The van der Waals surface area contributed by atoms with Gasteiger partial charge in [-0.15, -0.1) is 0 Å². The molecule has 9 rings (SSSR count). The molecule has 2 aliphatic heterocycles. The molecule has 4 aromatic carbocycles. The maximum absolute atomic E-state index is 4.63. The molecule has 8 bridgehead atoms.